The van der Waals surface area contributed by atoms with Crippen molar-refractivity contribution in [2.45, 2.75) is 37.8 Å². The van der Waals surface area contributed by atoms with E-state index in [4.69, 9.17) is 15.6 Å². The third-order valence-electron chi connectivity index (χ3n) is 3.36. The van der Waals surface area contributed by atoms with Gasteiger partial charge in [-0.2, -0.15) is 0 Å². The molecule has 0 heterocycles. The summed E-state index contributed by atoms with van der Waals surface area (Å²) in [5.41, 5.74) is 5.07. The maximum atomic E-state index is 13.1. The number of hydrogen-bond donors (Lipinski definition) is 2. The molecule has 0 saturated heterocycles. The molecule has 0 amide bonds. The van der Waals surface area contributed by atoms with Gasteiger partial charge in [0.1, 0.15) is 23.2 Å². The van der Waals surface area contributed by atoms with Gasteiger partial charge in [0.25, 0.3) is 0 Å². The number of carboxylic acid groups (broad SMARTS) is 1. The molecule has 1 aliphatic carbocycles. The summed E-state index contributed by atoms with van der Waals surface area (Å²) in [6.07, 6.45) is 1.04. The molecule has 98 valence electrons. The quantitative estimate of drug-likeness (QED) is 0.862. The Morgan fingerprint density at radius 2 is 2.33 bits per heavy atom. The molecular weight excluding hydrogens is 237 g/mol. The van der Waals surface area contributed by atoms with E-state index < -0.39 is 11.5 Å². The molecule has 0 radical (unpaired) electrons. The fraction of sp³-hybridized carbons (Fsp3) is 0.462. The maximum Gasteiger partial charge on any atom is 0.323 e. The monoisotopic (exact) mass is 253 g/mol. The average molecular weight is 253 g/mol. The summed E-state index contributed by atoms with van der Waals surface area (Å²) in [5.74, 6) is -0.732. The minimum atomic E-state index is -1.19. The van der Waals surface area contributed by atoms with E-state index in [1.165, 1.54) is 6.07 Å². The zero-order chi connectivity index (χ0) is 13.3. The molecule has 0 bridgehead atoms. The Morgan fingerprint density at radius 1 is 1.61 bits per heavy atom. The van der Waals surface area contributed by atoms with Crippen LogP contribution in [-0.2, 0) is 4.79 Å². The third-order valence-corrected chi connectivity index (χ3v) is 3.36. The Kier molecular flexibility index (Phi) is 3.26. The standard InChI is InChI=1S/C13H16FNO3/c1-8-6-9(2-3-11(8)14)18-10-4-5-13(15,7-10)12(16)17/h2-3,6,10H,4-5,7,15H2,1H3,(H,16,17). The predicted octanol–water partition coefficient (Wildman–Crippen LogP) is 1.85. The van der Waals surface area contributed by atoms with Gasteiger partial charge >= 0.3 is 5.97 Å². The number of aliphatic carboxylic acids is 1. The molecule has 2 rings (SSSR count). The van der Waals surface area contributed by atoms with Crippen molar-refractivity contribution < 1.29 is 19.0 Å². The molecule has 1 aromatic carbocycles. The van der Waals surface area contributed by atoms with Crippen LogP contribution in [0, 0.1) is 12.7 Å². The third kappa shape index (κ3) is 2.46. The van der Waals surface area contributed by atoms with Crippen molar-refractivity contribution in [1.82, 2.24) is 0 Å². The van der Waals surface area contributed by atoms with Crippen molar-refractivity contribution in [1.29, 1.82) is 0 Å². The lowest BCUT2D eigenvalue weighted by Crippen LogP contribution is -2.46. The Hall–Kier alpha value is -1.62. The van der Waals surface area contributed by atoms with Crippen LogP contribution in [0.5, 0.6) is 5.75 Å². The molecule has 2 atom stereocenters. The Labute approximate surface area is 105 Å². The molecule has 3 N–H and O–H groups in total. The second-order valence-corrected chi connectivity index (χ2v) is 4.85. The summed E-state index contributed by atoms with van der Waals surface area (Å²) in [6.45, 7) is 1.65. The highest BCUT2D eigenvalue weighted by molar-refractivity contribution is 5.79. The van der Waals surface area contributed by atoms with Crippen molar-refractivity contribution in [3.8, 4) is 5.75 Å². The molecule has 0 aliphatic heterocycles. The molecule has 18 heavy (non-hydrogen) atoms. The van der Waals surface area contributed by atoms with Crippen LogP contribution in [0.2, 0.25) is 0 Å². The number of hydrogen-bond acceptors (Lipinski definition) is 3. The zero-order valence-corrected chi connectivity index (χ0v) is 10.1. The normalized spacial score (nSPS) is 27.2. The second kappa shape index (κ2) is 4.57. The lowest BCUT2D eigenvalue weighted by atomic mass is 10.00. The minimum absolute atomic E-state index is 0.226. The number of carbonyl (C=O) groups is 1. The van der Waals surface area contributed by atoms with Crippen LogP contribution in [0.4, 0.5) is 4.39 Å². The van der Waals surface area contributed by atoms with Gasteiger partial charge in [0.2, 0.25) is 0 Å². The SMILES string of the molecule is Cc1cc(OC2CCC(N)(C(=O)O)C2)ccc1F. The van der Waals surface area contributed by atoms with Gasteiger partial charge in [0.05, 0.1) is 0 Å². The van der Waals surface area contributed by atoms with Gasteiger partial charge in [-0.05, 0) is 43.5 Å². The summed E-state index contributed by atoms with van der Waals surface area (Å²) in [7, 11) is 0. The lowest BCUT2D eigenvalue weighted by Gasteiger charge is -2.19. The fourth-order valence-electron chi connectivity index (χ4n) is 2.21. The molecule has 0 spiro atoms. The number of nitrogens with two attached hydrogens (primary N) is 1. The number of carboxylic acids is 1. The molecule has 1 fully saturated rings. The number of ether oxygens (including phenoxy) is 1. The molecule has 1 saturated carbocycles. The first-order chi connectivity index (χ1) is 8.40. The smallest absolute Gasteiger partial charge is 0.323 e. The van der Waals surface area contributed by atoms with Gasteiger partial charge in [-0.1, -0.05) is 0 Å². The van der Waals surface area contributed by atoms with Crippen molar-refractivity contribution in [3.05, 3.63) is 29.6 Å². The molecule has 1 aliphatic rings. The predicted molar refractivity (Wildman–Crippen MR) is 64.0 cm³/mol. The van der Waals surface area contributed by atoms with Crippen molar-refractivity contribution in [2.75, 3.05) is 0 Å². The van der Waals surface area contributed by atoms with Crippen LogP contribution in [-0.4, -0.2) is 22.7 Å². The minimum Gasteiger partial charge on any atom is -0.490 e. The molecule has 1 aromatic rings. The van der Waals surface area contributed by atoms with Crippen LogP contribution in [0.1, 0.15) is 24.8 Å². The topological polar surface area (TPSA) is 72.5 Å². The highest BCUT2D eigenvalue weighted by atomic mass is 19.1. The largest absolute Gasteiger partial charge is 0.490 e. The molecule has 5 heteroatoms. The van der Waals surface area contributed by atoms with Gasteiger partial charge in [0.15, 0.2) is 0 Å². The van der Waals surface area contributed by atoms with E-state index in [2.05, 4.69) is 0 Å². The maximum absolute atomic E-state index is 13.1. The number of aryl methyl sites for hydroxylation is 1. The highest BCUT2D eigenvalue weighted by Gasteiger charge is 2.43. The van der Waals surface area contributed by atoms with Gasteiger partial charge in [-0.25, -0.2) is 4.39 Å². The summed E-state index contributed by atoms with van der Waals surface area (Å²) < 4.78 is 18.7. The van der Waals surface area contributed by atoms with E-state index in [1.54, 1.807) is 19.1 Å². The van der Waals surface area contributed by atoms with E-state index in [0.29, 0.717) is 24.2 Å². The second-order valence-electron chi connectivity index (χ2n) is 4.85. The van der Waals surface area contributed by atoms with Crippen LogP contribution in [0.3, 0.4) is 0 Å². The summed E-state index contributed by atoms with van der Waals surface area (Å²) in [6, 6.07) is 4.48. The Bertz CT molecular complexity index is 477. The molecule has 4 nitrogen and oxygen atoms in total. The average Bonchev–Trinajstić information content (AvgIpc) is 2.67. The lowest BCUT2D eigenvalue weighted by molar-refractivity contribution is -0.143. The molecule has 2 unspecified atom stereocenters. The van der Waals surface area contributed by atoms with Gasteiger partial charge in [0, 0.05) is 6.42 Å². The first kappa shape index (κ1) is 12.8. The van der Waals surface area contributed by atoms with E-state index in [0.717, 1.165) is 0 Å². The summed E-state index contributed by atoms with van der Waals surface area (Å²) in [5, 5.41) is 9.01. The van der Waals surface area contributed by atoms with Crippen molar-refractivity contribution >= 4 is 5.97 Å². The van der Waals surface area contributed by atoms with E-state index in [1.807, 2.05) is 0 Å². The van der Waals surface area contributed by atoms with Crippen LogP contribution in [0.25, 0.3) is 0 Å². The first-order valence-electron chi connectivity index (χ1n) is 5.86. The summed E-state index contributed by atoms with van der Waals surface area (Å²) >= 11 is 0. The van der Waals surface area contributed by atoms with Crippen LogP contribution >= 0.6 is 0 Å². The van der Waals surface area contributed by atoms with Crippen molar-refractivity contribution in [3.63, 3.8) is 0 Å². The zero-order valence-electron chi connectivity index (χ0n) is 10.1. The number of rotatable bonds is 3. The number of halogens is 1. The van der Waals surface area contributed by atoms with Gasteiger partial charge in [-0.15, -0.1) is 0 Å². The summed E-state index contributed by atoms with van der Waals surface area (Å²) in [4.78, 5) is 11.0. The van der Waals surface area contributed by atoms with Gasteiger partial charge < -0.3 is 15.6 Å². The van der Waals surface area contributed by atoms with Crippen LogP contribution in [0.15, 0.2) is 18.2 Å². The highest BCUT2D eigenvalue weighted by Crippen LogP contribution is 2.31. The van der Waals surface area contributed by atoms with Gasteiger partial charge in [-0.3, -0.25) is 4.79 Å². The van der Waals surface area contributed by atoms with E-state index in [9.17, 15) is 9.18 Å². The van der Waals surface area contributed by atoms with Crippen molar-refractivity contribution in [2.24, 2.45) is 5.73 Å². The first-order valence-corrected chi connectivity index (χ1v) is 5.86. The fourth-order valence-corrected chi connectivity index (χ4v) is 2.21. The van der Waals surface area contributed by atoms with E-state index >= 15 is 0 Å². The number of benzene rings is 1. The molecular formula is C13H16FNO3. The van der Waals surface area contributed by atoms with Crippen LogP contribution < -0.4 is 10.5 Å². The Balaban J connectivity index is 2.03. The molecule has 0 aromatic heterocycles. The van der Waals surface area contributed by atoms with E-state index in [-0.39, 0.29) is 18.3 Å². The Morgan fingerprint density at radius 3 is 2.89 bits per heavy atom.